The van der Waals surface area contributed by atoms with Crippen molar-refractivity contribution in [1.29, 1.82) is 0 Å². The first-order valence-corrected chi connectivity index (χ1v) is 5.79. The van der Waals surface area contributed by atoms with E-state index >= 15 is 0 Å². The number of fused-ring (bicyclic) bond motifs is 3. The fourth-order valence-electron chi connectivity index (χ4n) is 2.28. The first-order valence-electron chi connectivity index (χ1n) is 5.79. The third kappa shape index (κ3) is 1.38. The predicted octanol–water partition coefficient (Wildman–Crippen LogP) is 4.56. The molecule has 0 saturated heterocycles. The van der Waals surface area contributed by atoms with Crippen LogP contribution in [-0.2, 0) is 6.42 Å². The summed E-state index contributed by atoms with van der Waals surface area (Å²) in [5, 5.41) is 5.37. The molecule has 0 aromatic heterocycles. The lowest BCUT2D eigenvalue weighted by Crippen LogP contribution is -1.81. The quantitative estimate of drug-likeness (QED) is 0.512. The van der Waals surface area contributed by atoms with Crippen LogP contribution in [0.5, 0.6) is 0 Å². The molecule has 0 heteroatoms. The molecule has 0 unspecified atom stereocenters. The van der Waals surface area contributed by atoms with Gasteiger partial charge in [0, 0.05) is 0 Å². The maximum absolute atomic E-state index is 2.29. The summed E-state index contributed by atoms with van der Waals surface area (Å²) in [7, 11) is 0. The molecule has 0 amide bonds. The van der Waals surface area contributed by atoms with E-state index < -0.39 is 0 Å². The summed E-state index contributed by atoms with van der Waals surface area (Å²) in [6.45, 7) is 2.20. The minimum absolute atomic E-state index is 1.10. The Morgan fingerprint density at radius 1 is 0.750 bits per heavy atom. The Morgan fingerprint density at radius 3 is 2.38 bits per heavy atom. The molecule has 0 bridgehead atoms. The van der Waals surface area contributed by atoms with Gasteiger partial charge in [0.25, 0.3) is 0 Å². The van der Waals surface area contributed by atoms with Gasteiger partial charge in [0.1, 0.15) is 0 Å². The lowest BCUT2D eigenvalue weighted by molar-refractivity contribution is 1.15. The van der Waals surface area contributed by atoms with Crippen molar-refractivity contribution in [2.24, 2.45) is 0 Å². The van der Waals surface area contributed by atoms with Crippen LogP contribution in [0.3, 0.4) is 0 Å². The fraction of sp³-hybridized carbons (Fsp3) is 0.125. The number of benzene rings is 3. The predicted molar refractivity (Wildman–Crippen MR) is 70.8 cm³/mol. The second kappa shape index (κ2) is 3.64. The second-order valence-corrected chi connectivity index (χ2v) is 4.20. The summed E-state index contributed by atoms with van der Waals surface area (Å²) in [6.07, 6.45) is 1.10. The summed E-state index contributed by atoms with van der Waals surface area (Å²) in [4.78, 5) is 0. The van der Waals surface area contributed by atoms with Gasteiger partial charge in [-0.3, -0.25) is 0 Å². The van der Waals surface area contributed by atoms with Crippen LogP contribution in [0.25, 0.3) is 21.5 Å². The monoisotopic (exact) mass is 206 g/mol. The average Bonchev–Trinajstić information content (AvgIpc) is 2.38. The molecule has 3 aromatic rings. The normalized spacial score (nSPS) is 11.1. The maximum Gasteiger partial charge on any atom is -0.0105 e. The molecule has 16 heavy (non-hydrogen) atoms. The van der Waals surface area contributed by atoms with Crippen molar-refractivity contribution in [2.45, 2.75) is 13.3 Å². The molecule has 0 atom stereocenters. The Kier molecular flexibility index (Phi) is 2.14. The molecule has 0 nitrogen and oxygen atoms in total. The van der Waals surface area contributed by atoms with E-state index in [1.807, 2.05) is 0 Å². The van der Waals surface area contributed by atoms with E-state index in [1.54, 1.807) is 0 Å². The van der Waals surface area contributed by atoms with Crippen LogP contribution >= 0.6 is 0 Å². The summed E-state index contributed by atoms with van der Waals surface area (Å²) in [6, 6.07) is 19.8. The minimum Gasteiger partial charge on any atom is -0.0616 e. The Bertz CT molecular complexity index is 650. The highest BCUT2D eigenvalue weighted by atomic mass is 14.0. The molecule has 0 heterocycles. The fourth-order valence-corrected chi connectivity index (χ4v) is 2.28. The summed E-state index contributed by atoms with van der Waals surface area (Å²) in [5.41, 5.74) is 1.41. The molecule has 78 valence electrons. The number of hydrogen-bond donors (Lipinski definition) is 0. The largest absolute Gasteiger partial charge is 0.0616 e. The van der Waals surface area contributed by atoms with Crippen molar-refractivity contribution in [3.05, 3.63) is 60.2 Å². The summed E-state index contributed by atoms with van der Waals surface area (Å²) >= 11 is 0. The van der Waals surface area contributed by atoms with Gasteiger partial charge < -0.3 is 0 Å². The van der Waals surface area contributed by atoms with Crippen LogP contribution in [0.1, 0.15) is 12.5 Å². The van der Waals surface area contributed by atoms with Gasteiger partial charge in [0.15, 0.2) is 0 Å². The van der Waals surface area contributed by atoms with Crippen molar-refractivity contribution >= 4 is 21.5 Å². The number of hydrogen-bond acceptors (Lipinski definition) is 0. The topological polar surface area (TPSA) is 0 Å². The Morgan fingerprint density at radius 2 is 1.50 bits per heavy atom. The number of aryl methyl sites for hydroxylation is 1. The molecular formula is C16H14. The van der Waals surface area contributed by atoms with E-state index in [-0.39, 0.29) is 0 Å². The van der Waals surface area contributed by atoms with Crippen LogP contribution in [-0.4, -0.2) is 0 Å². The van der Waals surface area contributed by atoms with Crippen molar-refractivity contribution in [3.8, 4) is 0 Å². The molecule has 0 radical (unpaired) electrons. The average molecular weight is 206 g/mol. The van der Waals surface area contributed by atoms with Gasteiger partial charge in [-0.25, -0.2) is 0 Å². The minimum atomic E-state index is 1.10. The zero-order chi connectivity index (χ0) is 11.0. The molecule has 0 spiro atoms. The Labute approximate surface area is 95.5 Å². The van der Waals surface area contributed by atoms with E-state index in [1.165, 1.54) is 27.1 Å². The van der Waals surface area contributed by atoms with Crippen molar-refractivity contribution in [2.75, 3.05) is 0 Å². The van der Waals surface area contributed by atoms with Crippen LogP contribution < -0.4 is 0 Å². The van der Waals surface area contributed by atoms with E-state index in [0.717, 1.165) is 6.42 Å². The smallest absolute Gasteiger partial charge is 0.0105 e. The van der Waals surface area contributed by atoms with Gasteiger partial charge in [0.2, 0.25) is 0 Å². The van der Waals surface area contributed by atoms with Gasteiger partial charge in [-0.15, -0.1) is 0 Å². The summed E-state index contributed by atoms with van der Waals surface area (Å²) < 4.78 is 0. The standard InChI is InChI=1S/C16H14/c1-2-12-7-10-16-14(11-12)9-8-13-5-3-4-6-15(13)16/h3-11H,2H2,1H3. The molecule has 3 rings (SSSR count). The lowest BCUT2D eigenvalue weighted by atomic mass is 10.00. The van der Waals surface area contributed by atoms with Crippen LogP contribution in [0.2, 0.25) is 0 Å². The molecule has 0 N–H and O–H groups in total. The summed E-state index contributed by atoms with van der Waals surface area (Å²) in [5.74, 6) is 0. The van der Waals surface area contributed by atoms with Gasteiger partial charge in [-0.1, -0.05) is 61.5 Å². The molecule has 3 aromatic carbocycles. The molecule has 0 aliphatic rings. The molecule has 0 saturated carbocycles. The highest BCUT2D eigenvalue weighted by Crippen LogP contribution is 2.25. The van der Waals surface area contributed by atoms with Crippen LogP contribution in [0, 0.1) is 0 Å². The third-order valence-electron chi connectivity index (χ3n) is 3.22. The van der Waals surface area contributed by atoms with Gasteiger partial charge >= 0.3 is 0 Å². The van der Waals surface area contributed by atoms with E-state index in [4.69, 9.17) is 0 Å². The highest BCUT2D eigenvalue weighted by molar-refractivity contribution is 6.07. The zero-order valence-corrected chi connectivity index (χ0v) is 9.40. The SMILES string of the molecule is CCc1ccc2c(ccc3ccccc32)c1. The Hall–Kier alpha value is -1.82. The molecule has 0 aliphatic heterocycles. The van der Waals surface area contributed by atoms with Crippen LogP contribution in [0.15, 0.2) is 54.6 Å². The lowest BCUT2D eigenvalue weighted by Gasteiger charge is -2.05. The van der Waals surface area contributed by atoms with Crippen molar-refractivity contribution in [3.63, 3.8) is 0 Å². The van der Waals surface area contributed by atoms with Gasteiger partial charge in [-0.05, 0) is 33.5 Å². The van der Waals surface area contributed by atoms with Gasteiger partial charge in [0.05, 0.1) is 0 Å². The van der Waals surface area contributed by atoms with Crippen molar-refractivity contribution < 1.29 is 0 Å². The number of rotatable bonds is 1. The first-order chi connectivity index (χ1) is 7.88. The maximum atomic E-state index is 2.29. The highest BCUT2D eigenvalue weighted by Gasteiger charge is 2.00. The molecule has 0 aliphatic carbocycles. The molecule has 0 fully saturated rings. The third-order valence-corrected chi connectivity index (χ3v) is 3.22. The van der Waals surface area contributed by atoms with Crippen LogP contribution in [0.4, 0.5) is 0 Å². The first kappa shape index (κ1) is 9.41. The van der Waals surface area contributed by atoms with Gasteiger partial charge in [-0.2, -0.15) is 0 Å². The van der Waals surface area contributed by atoms with E-state index in [9.17, 15) is 0 Å². The van der Waals surface area contributed by atoms with E-state index in [0.29, 0.717) is 0 Å². The van der Waals surface area contributed by atoms with Crippen molar-refractivity contribution in [1.82, 2.24) is 0 Å². The molecular weight excluding hydrogens is 192 g/mol. The second-order valence-electron chi connectivity index (χ2n) is 4.20. The Balaban J connectivity index is 2.43. The zero-order valence-electron chi connectivity index (χ0n) is 9.40. The van der Waals surface area contributed by atoms with E-state index in [2.05, 4.69) is 61.5 Å².